The monoisotopic (exact) mass is 319 g/mol. The molecule has 2 atom stereocenters. The topological polar surface area (TPSA) is 73.7 Å². The van der Waals surface area contributed by atoms with Crippen molar-refractivity contribution < 1.29 is 14.3 Å². The second-order valence-corrected chi connectivity index (χ2v) is 6.02. The van der Waals surface area contributed by atoms with Crippen LogP contribution < -0.4 is 5.56 Å². The van der Waals surface area contributed by atoms with E-state index in [1.807, 2.05) is 0 Å². The molecule has 0 aliphatic carbocycles. The van der Waals surface area contributed by atoms with Crippen LogP contribution in [0.1, 0.15) is 12.8 Å². The Balaban J connectivity index is 1.69. The van der Waals surface area contributed by atoms with E-state index in [1.54, 1.807) is 17.2 Å². The van der Waals surface area contributed by atoms with Crippen molar-refractivity contribution >= 4 is 5.91 Å². The van der Waals surface area contributed by atoms with Crippen LogP contribution in [0.5, 0.6) is 0 Å². The molecule has 1 aromatic heterocycles. The van der Waals surface area contributed by atoms with Gasteiger partial charge in [-0.1, -0.05) is 6.58 Å². The fourth-order valence-corrected chi connectivity index (χ4v) is 3.19. The Morgan fingerprint density at radius 2 is 2.43 bits per heavy atom. The molecule has 0 bridgehead atoms. The molecule has 3 rings (SSSR count). The van der Waals surface area contributed by atoms with Crippen LogP contribution in [0, 0.1) is 0 Å². The quantitative estimate of drug-likeness (QED) is 0.745. The number of ether oxygens (including phenoxy) is 2. The molecule has 2 unspecified atom stereocenters. The van der Waals surface area contributed by atoms with Crippen LogP contribution in [0.3, 0.4) is 0 Å². The lowest BCUT2D eigenvalue weighted by molar-refractivity contribution is -0.131. The number of amides is 1. The molecule has 2 aliphatic rings. The minimum atomic E-state index is -0.502. The molecule has 7 nitrogen and oxygen atoms in total. The summed E-state index contributed by atoms with van der Waals surface area (Å²) < 4.78 is 13.3. The average molecular weight is 319 g/mol. The first-order chi connectivity index (χ1) is 11.1. The van der Waals surface area contributed by atoms with E-state index in [2.05, 4.69) is 11.7 Å². The largest absolute Gasteiger partial charge is 0.377 e. The van der Waals surface area contributed by atoms with Gasteiger partial charge in [0.05, 0.1) is 32.4 Å². The molecule has 0 saturated carbocycles. The maximum Gasteiger partial charge on any atom is 0.266 e. The predicted molar refractivity (Wildman–Crippen MR) is 82.9 cm³/mol. The lowest BCUT2D eigenvalue weighted by Crippen LogP contribution is -2.46. The van der Waals surface area contributed by atoms with Gasteiger partial charge in [-0.2, -0.15) is 5.10 Å². The van der Waals surface area contributed by atoms with Crippen LogP contribution in [-0.4, -0.2) is 58.6 Å². The minimum Gasteiger partial charge on any atom is -0.377 e. The summed E-state index contributed by atoms with van der Waals surface area (Å²) in [6.07, 6.45) is 4.40. The smallest absolute Gasteiger partial charge is 0.266 e. The summed E-state index contributed by atoms with van der Waals surface area (Å²) in [5.41, 5.74) is -0.643. The Kier molecular flexibility index (Phi) is 4.58. The normalized spacial score (nSPS) is 27.8. The zero-order valence-electron chi connectivity index (χ0n) is 13.0. The zero-order chi connectivity index (χ0) is 16.3. The van der Waals surface area contributed by atoms with E-state index in [0.29, 0.717) is 32.8 Å². The molecule has 3 heterocycles. The van der Waals surface area contributed by atoms with Gasteiger partial charge in [0.25, 0.3) is 5.56 Å². The van der Waals surface area contributed by atoms with Gasteiger partial charge in [0, 0.05) is 18.8 Å². The zero-order valence-corrected chi connectivity index (χ0v) is 13.0. The lowest BCUT2D eigenvalue weighted by Gasteiger charge is -2.31. The van der Waals surface area contributed by atoms with Gasteiger partial charge >= 0.3 is 0 Å². The van der Waals surface area contributed by atoms with Gasteiger partial charge in [-0.15, -0.1) is 0 Å². The number of hydrogen-bond acceptors (Lipinski definition) is 5. The third-order valence-electron chi connectivity index (χ3n) is 4.34. The molecule has 1 spiro atoms. The molecule has 23 heavy (non-hydrogen) atoms. The van der Waals surface area contributed by atoms with Crippen molar-refractivity contribution in [2.45, 2.75) is 31.1 Å². The van der Waals surface area contributed by atoms with Crippen molar-refractivity contribution in [3.8, 4) is 0 Å². The fraction of sp³-hybridized carbons (Fsp3) is 0.562. The Morgan fingerprint density at radius 1 is 1.57 bits per heavy atom. The molecule has 1 aromatic rings. The maximum absolute atomic E-state index is 11.9. The van der Waals surface area contributed by atoms with E-state index < -0.39 is 5.60 Å². The number of hydrogen-bond donors (Lipinski definition) is 0. The number of aromatic nitrogens is 2. The lowest BCUT2D eigenvalue weighted by atomic mass is 10.00. The maximum atomic E-state index is 11.9. The van der Waals surface area contributed by atoms with Crippen molar-refractivity contribution in [1.82, 2.24) is 14.7 Å². The number of rotatable bonds is 3. The van der Waals surface area contributed by atoms with Crippen molar-refractivity contribution in [3.05, 3.63) is 41.3 Å². The Hall–Kier alpha value is -1.99. The Bertz CT molecular complexity index is 644. The van der Waals surface area contributed by atoms with Crippen LogP contribution in [0.15, 0.2) is 35.8 Å². The number of nitrogens with zero attached hydrogens (tertiary/aromatic N) is 3. The molecule has 2 saturated heterocycles. The Morgan fingerprint density at radius 3 is 3.22 bits per heavy atom. The number of carbonyl (C=O) groups excluding carboxylic acids is 1. The standard InChI is InChI=1S/C16H21N3O4/c1-2-14(20)18-8-9-22-12-16(11-18)6-5-13(23-16)10-19-15(21)4-3-7-17-19/h2-4,7,13H,1,5-6,8-12H2. The summed E-state index contributed by atoms with van der Waals surface area (Å²) in [5.74, 6) is -0.108. The van der Waals surface area contributed by atoms with Crippen LogP contribution in [0.25, 0.3) is 0 Å². The molecule has 1 amide bonds. The van der Waals surface area contributed by atoms with Gasteiger partial charge in [-0.3, -0.25) is 9.59 Å². The van der Waals surface area contributed by atoms with Crippen molar-refractivity contribution in [3.63, 3.8) is 0 Å². The Labute approximate surface area is 134 Å². The summed E-state index contributed by atoms with van der Waals surface area (Å²) in [6, 6.07) is 3.10. The van der Waals surface area contributed by atoms with E-state index in [9.17, 15) is 9.59 Å². The van der Waals surface area contributed by atoms with E-state index >= 15 is 0 Å². The van der Waals surface area contributed by atoms with Gasteiger partial charge < -0.3 is 14.4 Å². The first-order valence-electron chi connectivity index (χ1n) is 7.81. The van der Waals surface area contributed by atoms with E-state index in [-0.39, 0.29) is 17.6 Å². The molecule has 0 N–H and O–H groups in total. The summed E-state index contributed by atoms with van der Waals surface area (Å²) in [5, 5.41) is 4.07. The van der Waals surface area contributed by atoms with Crippen molar-refractivity contribution in [2.75, 3.05) is 26.3 Å². The van der Waals surface area contributed by atoms with Crippen LogP contribution in [0.2, 0.25) is 0 Å². The first kappa shape index (κ1) is 15.9. The third kappa shape index (κ3) is 3.51. The number of carbonyl (C=O) groups is 1. The molecule has 2 fully saturated rings. The molecule has 2 aliphatic heterocycles. The second-order valence-electron chi connectivity index (χ2n) is 6.02. The summed E-state index contributed by atoms with van der Waals surface area (Å²) in [7, 11) is 0. The van der Waals surface area contributed by atoms with Crippen LogP contribution in [0.4, 0.5) is 0 Å². The van der Waals surface area contributed by atoms with Crippen molar-refractivity contribution in [1.29, 1.82) is 0 Å². The molecular weight excluding hydrogens is 298 g/mol. The van der Waals surface area contributed by atoms with Crippen LogP contribution >= 0.6 is 0 Å². The third-order valence-corrected chi connectivity index (χ3v) is 4.34. The van der Waals surface area contributed by atoms with Gasteiger partial charge in [0.15, 0.2) is 0 Å². The highest BCUT2D eigenvalue weighted by molar-refractivity contribution is 5.87. The van der Waals surface area contributed by atoms with E-state index in [0.717, 1.165) is 12.8 Å². The highest BCUT2D eigenvalue weighted by Crippen LogP contribution is 2.33. The minimum absolute atomic E-state index is 0.106. The summed E-state index contributed by atoms with van der Waals surface area (Å²) >= 11 is 0. The van der Waals surface area contributed by atoms with Crippen LogP contribution in [-0.2, 0) is 20.8 Å². The van der Waals surface area contributed by atoms with Crippen molar-refractivity contribution in [2.24, 2.45) is 0 Å². The van der Waals surface area contributed by atoms with E-state index in [4.69, 9.17) is 9.47 Å². The highest BCUT2D eigenvalue weighted by atomic mass is 16.6. The molecule has 0 radical (unpaired) electrons. The van der Waals surface area contributed by atoms with E-state index in [1.165, 1.54) is 16.8 Å². The van der Waals surface area contributed by atoms with Gasteiger partial charge in [-0.05, 0) is 25.0 Å². The van der Waals surface area contributed by atoms with Gasteiger partial charge in [-0.25, -0.2) is 4.68 Å². The first-order valence-corrected chi connectivity index (χ1v) is 7.81. The molecule has 124 valence electrons. The van der Waals surface area contributed by atoms with Gasteiger partial charge in [0.1, 0.15) is 5.60 Å². The summed E-state index contributed by atoms with van der Waals surface area (Å²) in [6.45, 7) is 5.94. The predicted octanol–water partition coefficient (Wildman–Crippen LogP) is 0.206. The highest BCUT2D eigenvalue weighted by Gasteiger charge is 2.43. The molecule has 0 aromatic carbocycles. The second kappa shape index (κ2) is 6.64. The summed E-state index contributed by atoms with van der Waals surface area (Å²) in [4.78, 5) is 25.4. The van der Waals surface area contributed by atoms with Gasteiger partial charge in [0.2, 0.25) is 5.91 Å². The molecule has 7 heteroatoms. The fourth-order valence-electron chi connectivity index (χ4n) is 3.19. The molecular formula is C16H21N3O4. The SMILES string of the molecule is C=CC(=O)N1CCOCC2(CCC(Cn3ncccc3=O)O2)C1. The average Bonchev–Trinajstić information content (AvgIpc) is 2.81.